The molecule has 0 aliphatic heterocycles. The molecular formula is C17H17N3O. The van der Waals surface area contributed by atoms with E-state index in [-0.39, 0.29) is 0 Å². The number of fused-ring (bicyclic) bond motifs is 1. The van der Waals surface area contributed by atoms with Crippen LogP contribution in [0, 0.1) is 0 Å². The van der Waals surface area contributed by atoms with Crippen LogP contribution in [0.2, 0.25) is 0 Å². The molecule has 0 radical (unpaired) electrons. The maximum Gasteiger partial charge on any atom is 0.114 e. The van der Waals surface area contributed by atoms with Crippen LogP contribution >= 0.6 is 0 Å². The van der Waals surface area contributed by atoms with Crippen LogP contribution in [0.3, 0.4) is 0 Å². The van der Waals surface area contributed by atoms with Gasteiger partial charge in [0, 0.05) is 5.69 Å². The molecule has 0 aliphatic rings. The number of para-hydroxylation sites is 2. The van der Waals surface area contributed by atoms with Gasteiger partial charge in [-0.3, -0.25) is 4.57 Å². The second-order valence-electron chi connectivity index (χ2n) is 4.74. The van der Waals surface area contributed by atoms with E-state index >= 15 is 0 Å². The van der Waals surface area contributed by atoms with Crippen molar-refractivity contribution in [2.45, 2.75) is 13.8 Å². The minimum absolute atomic E-state index is 0.580. The number of benzene rings is 2. The molecular weight excluding hydrogens is 262 g/mol. The van der Waals surface area contributed by atoms with Gasteiger partial charge in [0.2, 0.25) is 0 Å². The number of hydrogen-bond donors (Lipinski definition) is 0. The van der Waals surface area contributed by atoms with Crippen molar-refractivity contribution in [1.82, 2.24) is 9.55 Å². The number of rotatable bonds is 4. The molecule has 4 heteroatoms. The average Bonchev–Trinajstić information content (AvgIpc) is 2.97. The Balaban J connectivity index is 1.94. The molecule has 0 atom stereocenters. The van der Waals surface area contributed by atoms with Crippen molar-refractivity contribution in [3.8, 4) is 5.69 Å². The zero-order chi connectivity index (χ0) is 14.7. The summed E-state index contributed by atoms with van der Waals surface area (Å²) in [7, 11) is 0. The van der Waals surface area contributed by atoms with Gasteiger partial charge in [0.25, 0.3) is 0 Å². The maximum atomic E-state index is 5.08. The van der Waals surface area contributed by atoms with Crippen LogP contribution in [0.5, 0.6) is 0 Å². The molecule has 0 bridgehead atoms. The van der Waals surface area contributed by atoms with Crippen LogP contribution in [-0.4, -0.2) is 21.9 Å². The van der Waals surface area contributed by atoms with Crippen LogP contribution in [0.4, 0.5) is 0 Å². The molecule has 2 aromatic carbocycles. The van der Waals surface area contributed by atoms with Gasteiger partial charge in [0.1, 0.15) is 12.9 Å². The number of imidazole rings is 1. The van der Waals surface area contributed by atoms with E-state index < -0.39 is 0 Å². The van der Waals surface area contributed by atoms with Gasteiger partial charge in [-0.2, -0.15) is 0 Å². The highest BCUT2D eigenvalue weighted by Gasteiger charge is 2.04. The Bertz CT molecular complexity index is 772. The van der Waals surface area contributed by atoms with Crippen molar-refractivity contribution < 1.29 is 4.84 Å². The highest BCUT2D eigenvalue weighted by Crippen LogP contribution is 2.18. The summed E-state index contributed by atoms with van der Waals surface area (Å²) >= 11 is 0. The molecule has 21 heavy (non-hydrogen) atoms. The Morgan fingerprint density at radius 2 is 1.90 bits per heavy atom. The minimum Gasteiger partial charge on any atom is -0.396 e. The Morgan fingerprint density at radius 1 is 1.14 bits per heavy atom. The highest BCUT2D eigenvalue weighted by molar-refractivity contribution is 5.98. The lowest BCUT2D eigenvalue weighted by Crippen LogP contribution is -1.98. The van der Waals surface area contributed by atoms with Crippen LogP contribution in [0.25, 0.3) is 16.7 Å². The quantitative estimate of drug-likeness (QED) is 0.538. The Morgan fingerprint density at radius 3 is 2.67 bits per heavy atom. The van der Waals surface area contributed by atoms with Gasteiger partial charge >= 0.3 is 0 Å². The molecule has 4 nitrogen and oxygen atoms in total. The van der Waals surface area contributed by atoms with Gasteiger partial charge < -0.3 is 4.84 Å². The predicted octanol–water partition coefficient (Wildman–Crippen LogP) is 3.79. The third kappa shape index (κ3) is 2.65. The third-order valence-electron chi connectivity index (χ3n) is 3.35. The molecule has 1 aromatic heterocycles. The van der Waals surface area contributed by atoms with Crippen LogP contribution in [0.15, 0.2) is 60.0 Å². The smallest absolute Gasteiger partial charge is 0.114 e. The Kier molecular flexibility index (Phi) is 3.69. The zero-order valence-electron chi connectivity index (χ0n) is 12.2. The first-order valence-corrected chi connectivity index (χ1v) is 6.99. The summed E-state index contributed by atoms with van der Waals surface area (Å²) in [6.07, 6.45) is 1.85. The van der Waals surface area contributed by atoms with E-state index in [2.05, 4.69) is 32.9 Å². The zero-order valence-corrected chi connectivity index (χ0v) is 12.2. The molecule has 1 heterocycles. The van der Waals surface area contributed by atoms with Gasteiger partial charge in [-0.15, -0.1) is 0 Å². The fourth-order valence-electron chi connectivity index (χ4n) is 2.24. The van der Waals surface area contributed by atoms with Crippen LogP contribution in [-0.2, 0) is 4.84 Å². The first kappa shape index (κ1) is 13.4. The summed E-state index contributed by atoms with van der Waals surface area (Å²) in [4.78, 5) is 9.49. The monoisotopic (exact) mass is 279 g/mol. The predicted molar refractivity (Wildman–Crippen MR) is 84.9 cm³/mol. The van der Waals surface area contributed by atoms with Crippen molar-refractivity contribution >= 4 is 16.7 Å². The SMILES string of the molecule is CCO/N=C(\C)c1ccc(-n2cnc3ccccc32)cc1. The third-order valence-corrected chi connectivity index (χ3v) is 3.35. The van der Waals surface area contributed by atoms with Crippen LogP contribution in [0.1, 0.15) is 19.4 Å². The normalized spacial score (nSPS) is 11.8. The molecule has 0 amide bonds. The molecule has 0 unspecified atom stereocenters. The van der Waals surface area contributed by atoms with E-state index in [1.54, 1.807) is 0 Å². The fraction of sp³-hybridized carbons (Fsp3) is 0.176. The molecule has 0 fully saturated rings. The van der Waals surface area contributed by atoms with Gasteiger partial charge in [-0.1, -0.05) is 29.4 Å². The van der Waals surface area contributed by atoms with Crippen molar-refractivity contribution in [3.63, 3.8) is 0 Å². The maximum absolute atomic E-state index is 5.08. The second kappa shape index (κ2) is 5.79. The van der Waals surface area contributed by atoms with E-state index in [1.807, 2.05) is 50.5 Å². The number of oxime groups is 1. The molecule has 3 aromatic rings. The van der Waals surface area contributed by atoms with Crippen molar-refractivity contribution in [2.75, 3.05) is 6.61 Å². The van der Waals surface area contributed by atoms with Gasteiger partial charge in [-0.05, 0) is 43.7 Å². The fourth-order valence-corrected chi connectivity index (χ4v) is 2.24. The van der Waals surface area contributed by atoms with E-state index in [0.29, 0.717) is 6.61 Å². The lowest BCUT2D eigenvalue weighted by Gasteiger charge is -2.06. The standard InChI is InChI=1S/C17H17N3O/c1-3-21-19-13(2)14-8-10-15(11-9-14)20-12-18-16-6-4-5-7-17(16)20/h4-12H,3H2,1-2H3/b19-13+. The van der Waals surface area contributed by atoms with Crippen molar-refractivity contribution in [1.29, 1.82) is 0 Å². The first-order chi connectivity index (χ1) is 10.3. The number of nitrogens with zero attached hydrogens (tertiary/aromatic N) is 3. The first-order valence-electron chi connectivity index (χ1n) is 6.99. The lowest BCUT2D eigenvalue weighted by molar-refractivity contribution is 0.159. The second-order valence-corrected chi connectivity index (χ2v) is 4.74. The molecule has 0 saturated carbocycles. The molecule has 0 N–H and O–H groups in total. The van der Waals surface area contributed by atoms with Crippen molar-refractivity contribution in [3.05, 3.63) is 60.4 Å². The Labute approximate surface area is 123 Å². The van der Waals surface area contributed by atoms with Gasteiger partial charge in [-0.25, -0.2) is 4.98 Å². The van der Waals surface area contributed by atoms with Crippen molar-refractivity contribution in [2.24, 2.45) is 5.16 Å². The average molecular weight is 279 g/mol. The summed E-state index contributed by atoms with van der Waals surface area (Å²) in [5, 5.41) is 4.05. The summed E-state index contributed by atoms with van der Waals surface area (Å²) < 4.78 is 2.08. The topological polar surface area (TPSA) is 39.4 Å². The molecule has 106 valence electrons. The summed E-state index contributed by atoms with van der Waals surface area (Å²) in [5.41, 5.74) is 5.10. The summed E-state index contributed by atoms with van der Waals surface area (Å²) in [6, 6.07) is 16.3. The molecule has 0 saturated heterocycles. The summed E-state index contributed by atoms with van der Waals surface area (Å²) in [5.74, 6) is 0. The number of aromatic nitrogens is 2. The highest BCUT2D eigenvalue weighted by atomic mass is 16.6. The largest absolute Gasteiger partial charge is 0.396 e. The van der Waals surface area contributed by atoms with Crippen LogP contribution < -0.4 is 0 Å². The number of hydrogen-bond acceptors (Lipinski definition) is 3. The summed E-state index contributed by atoms with van der Waals surface area (Å²) in [6.45, 7) is 4.44. The van der Waals surface area contributed by atoms with Gasteiger partial charge in [0.05, 0.1) is 16.7 Å². The molecule has 0 aliphatic carbocycles. The molecule has 3 rings (SSSR count). The van der Waals surface area contributed by atoms with E-state index in [4.69, 9.17) is 4.84 Å². The lowest BCUT2D eigenvalue weighted by atomic mass is 10.1. The van der Waals surface area contributed by atoms with E-state index in [9.17, 15) is 0 Å². The Hall–Kier alpha value is -2.62. The molecule has 0 spiro atoms. The van der Waals surface area contributed by atoms with E-state index in [0.717, 1.165) is 28.0 Å². The van der Waals surface area contributed by atoms with Gasteiger partial charge in [0.15, 0.2) is 0 Å². The minimum atomic E-state index is 0.580. The van der Waals surface area contributed by atoms with E-state index in [1.165, 1.54) is 0 Å².